The standard InChI is InChI=1S/C23H25N3O4/c1-4-29-17-8-6-7-16(13-17)24-23-19-9-14-11-20(30-5-2)15(12-21(27)28)10-18(14)22(19)26(3)25-23/h6-8,10-11,13H,4-5,9,12H2,1-3H3,(H,24,25)(H,27,28). The van der Waals surface area contributed by atoms with E-state index in [4.69, 9.17) is 9.47 Å². The first kappa shape index (κ1) is 19.8. The zero-order chi connectivity index (χ0) is 21.3. The molecule has 0 spiro atoms. The van der Waals surface area contributed by atoms with Gasteiger partial charge in [-0.25, -0.2) is 0 Å². The molecule has 0 unspecified atom stereocenters. The number of fused-ring (bicyclic) bond motifs is 3. The van der Waals surface area contributed by atoms with E-state index in [9.17, 15) is 9.90 Å². The Balaban J connectivity index is 1.70. The van der Waals surface area contributed by atoms with E-state index in [0.717, 1.165) is 39.6 Å². The normalized spacial score (nSPS) is 11.7. The molecule has 1 aliphatic rings. The minimum absolute atomic E-state index is 0.0782. The number of carbonyl (C=O) groups is 1. The van der Waals surface area contributed by atoms with Crippen molar-refractivity contribution in [3.63, 3.8) is 0 Å². The number of nitrogens with one attached hydrogen (secondary N) is 1. The molecule has 0 radical (unpaired) electrons. The lowest BCUT2D eigenvalue weighted by atomic mass is 10.0. The Morgan fingerprint density at radius 3 is 2.73 bits per heavy atom. The van der Waals surface area contributed by atoms with Crippen LogP contribution in [-0.2, 0) is 24.7 Å². The number of aliphatic carboxylic acids is 1. The second-order valence-corrected chi connectivity index (χ2v) is 7.18. The maximum atomic E-state index is 11.3. The van der Waals surface area contributed by atoms with Gasteiger partial charge in [0.05, 0.1) is 25.3 Å². The van der Waals surface area contributed by atoms with Crippen LogP contribution in [0, 0.1) is 0 Å². The number of anilines is 2. The van der Waals surface area contributed by atoms with E-state index in [-0.39, 0.29) is 6.42 Å². The molecule has 2 aromatic carbocycles. The van der Waals surface area contributed by atoms with Gasteiger partial charge >= 0.3 is 5.97 Å². The molecule has 0 aliphatic heterocycles. The predicted molar refractivity (Wildman–Crippen MR) is 115 cm³/mol. The van der Waals surface area contributed by atoms with E-state index in [1.165, 1.54) is 0 Å². The fourth-order valence-electron chi connectivity index (χ4n) is 3.95. The number of aryl methyl sites for hydroxylation is 1. The molecule has 0 fully saturated rings. The number of hydrogen-bond donors (Lipinski definition) is 2. The van der Waals surface area contributed by atoms with Crippen molar-refractivity contribution in [1.29, 1.82) is 0 Å². The molecular formula is C23H25N3O4. The van der Waals surface area contributed by atoms with Gasteiger partial charge in [0.25, 0.3) is 0 Å². The van der Waals surface area contributed by atoms with Crippen molar-refractivity contribution in [1.82, 2.24) is 9.78 Å². The van der Waals surface area contributed by atoms with Gasteiger partial charge in [0.1, 0.15) is 11.5 Å². The summed E-state index contributed by atoms with van der Waals surface area (Å²) in [5, 5.41) is 17.4. The summed E-state index contributed by atoms with van der Waals surface area (Å²) >= 11 is 0. The zero-order valence-electron chi connectivity index (χ0n) is 17.4. The predicted octanol–water partition coefficient (Wildman–Crippen LogP) is 4.16. The molecule has 7 heteroatoms. The third kappa shape index (κ3) is 3.70. The Labute approximate surface area is 175 Å². The Morgan fingerprint density at radius 1 is 1.20 bits per heavy atom. The molecule has 1 heterocycles. The minimum atomic E-state index is -0.879. The van der Waals surface area contributed by atoms with Gasteiger partial charge in [0.2, 0.25) is 0 Å². The second kappa shape index (κ2) is 8.10. The highest BCUT2D eigenvalue weighted by atomic mass is 16.5. The van der Waals surface area contributed by atoms with Gasteiger partial charge in [-0.15, -0.1) is 0 Å². The van der Waals surface area contributed by atoms with E-state index in [2.05, 4.69) is 10.4 Å². The Kier molecular flexibility index (Phi) is 5.35. The highest BCUT2D eigenvalue weighted by Gasteiger charge is 2.28. The monoisotopic (exact) mass is 407 g/mol. The summed E-state index contributed by atoms with van der Waals surface area (Å²) < 4.78 is 13.1. The number of rotatable bonds is 8. The third-order valence-corrected chi connectivity index (χ3v) is 5.10. The van der Waals surface area contributed by atoms with Crippen molar-refractivity contribution in [2.24, 2.45) is 7.05 Å². The van der Waals surface area contributed by atoms with E-state index in [1.807, 2.05) is 62.0 Å². The van der Waals surface area contributed by atoms with Crippen molar-refractivity contribution >= 4 is 17.5 Å². The van der Waals surface area contributed by atoms with Gasteiger partial charge < -0.3 is 19.9 Å². The van der Waals surface area contributed by atoms with Gasteiger partial charge in [-0.1, -0.05) is 6.07 Å². The van der Waals surface area contributed by atoms with Crippen LogP contribution in [0.5, 0.6) is 11.5 Å². The summed E-state index contributed by atoms with van der Waals surface area (Å²) in [7, 11) is 1.91. The lowest BCUT2D eigenvalue weighted by molar-refractivity contribution is -0.136. The second-order valence-electron chi connectivity index (χ2n) is 7.18. The van der Waals surface area contributed by atoms with Gasteiger partial charge in [-0.2, -0.15) is 5.10 Å². The van der Waals surface area contributed by atoms with E-state index < -0.39 is 5.97 Å². The van der Waals surface area contributed by atoms with E-state index in [1.54, 1.807) is 0 Å². The van der Waals surface area contributed by atoms with Crippen molar-refractivity contribution < 1.29 is 19.4 Å². The molecule has 1 aliphatic carbocycles. The van der Waals surface area contributed by atoms with Crippen molar-refractivity contribution in [2.75, 3.05) is 18.5 Å². The number of benzene rings is 2. The summed E-state index contributed by atoms with van der Waals surface area (Å²) in [5.74, 6) is 1.35. The van der Waals surface area contributed by atoms with Crippen LogP contribution in [0.4, 0.5) is 11.5 Å². The number of carboxylic acid groups (broad SMARTS) is 1. The fraction of sp³-hybridized carbons (Fsp3) is 0.304. The SMILES string of the molecule is CCOc1cccc(Nc2nn(C)c3c2Cc2cc(OCC)c(CC(=O)O)cc2-3)c1. The van der Waals surface area contributed by atoms with Crippen molar-refractivity contribution in [3.8, 4) is 22.8 Å². The summed E-state index contributed by atoms with van der Waals surface area (Å²) in [6.45, 7) is 4.95. The molecule has 7 nitrogen and oxygen atoms in total. The first-order chi connectivity index (χ1) is 14.5. The topological polar surface area (TPSA) is 85.6 Å². The molecule has 0 saturated heterocycles. The minimum Gasteiger partial charge on any atom is -0.494 e. The molecule has 3 aromatic rings. The average Bonchev–Trinajstić information content (AvgIpc) is 3.20. The number of ether oxygens (including phenoxy) is 2. The van der Waals surface area contributed by atoms with Crippen LogP contribution < -0.4 is 14.8 Å². The molecule has 4 rings (SSSR count). The van der Waals surface area contributed by atoms with Crippen LogP contribution in [0.25, 0.3) is 11.3 Å². The largest absolute Gasteiger partial charge is 0.494 e. The molecule has 1 aromatic heterocycles. The van der Waals surface area contributed by atoms with Crippen LogP contribution in [0.15, 0.2) is 36.4 Å². The Morgan fingerprint density at radius 2 is 2.00 bits per heavy atom. The van der Waals surface area contributed by atoms with Crippen LogP contribution in [-0.4, -0.2) is 34.1 Å². The first-order valence-electron chi connectivity index (χ1n) is 10.1. The Hall–Kier alpha value is -3.48. The Bertz CT molecular complexity index is 1100. The van der Waals surface area contributed by atoms with Crippen LogP contribution >= 0.6 is 0 Å². The molecular weight excluding hydrogens is 382 g/mol. The highest BCUT2D eigenvalue weighted by molar-refractivity contribution is 5.82. The first-order valence-corrected chi connectivity index (χ1v) is 10.1. The smallest absolute Gasteiger partial charge is 0.307 e. The molecule has 30 heavy (non-hydrogen) atoms. The summed E-state index contributed by atoms with van der Waals surface area (Å²) in [6, 6.07) is 11.7. The average molecular weight is 407 g/mol. The van der Waals surface area contributed by atoms with Crippen LogP contribution in [0.2, 0.25) is 0 Å². The quantitative estimate of drug-likeness (QED) is 0.456. The molecule has 0 saturated carbocycles. The molecule has 156 valence electrons. The third-order valence-electron chi connectivity index (χ3n) is 5.10. The lowest BCUT2D eigenvalue weighted by Crippen LogP contribution is -2.05. The number of nitrogens with zero attached hydrogens (tertiary/aromatic N) is 2. The molecule has 2 N–H and O–H groups in total. The summed E-state index contributed by atoms with van der Waals surface area (Å²) in [5.41, 5.74) is 5.79. The van der Waals surface area contributed by atoms with Gasteiger partial charge in [0.15, 0.2) is 5.82 Å². The fourth-order valence-corrected chi connectivity index (χ4v) is 3.95. The lowest BCUT2D eigenvalue weighted by Gasteiger charge is -2.12. The van der Waals surface area contributed by atoms with Gasteiger partial charge in [0, 0.05) is 41.9 Å². The molecule has 0 amide bonds. The maximum absolute atomic E-state index is 11.3. The number of aromatic nitrogens is 2. The number of hydrogen-bond acceptors (Lipinski definition) is 5. The van der Waals surface area contributed by atoms with E-state index >= 15 is 0 Å². The van der Waals surface area contributed by atoms with Crippen LogP contribution in [0.3, 0.4) is 0 Å². The zero-order valence-corrected chi connectivity index (χ0v) is 17.4. The highest BCUT2D eigenvalue weighted by Crippen LogP contribution is 2.43. The number of carboxylic acids is 1. The van der Waals surface area contributed by atoms with Crippen molar-refractivity contribution in [3.05, 3.63) is 53.1 Å². The maximum Gasteiger partial charge on any atom is 0.307 e. The van der Waals surface area contributed by atoms with Gasteiger partial charge in [-0.05, 0) is 43.7 Å². The van der Waals surface area contributed by atoms with Crippen LogP contribution in [0.1, 0.15) is 30.5 Å². The van der Waals surface area contributed by atoms with Crippen molar-refractivity contribution in [2.45, 2.75) is 26.7 Å². The summed E-state index contributed by atoms with van der Waals surface area (Å²) in [4.78, 5) is 11.3. The molecule has 0 atom stereocenters. The molecule has 0 bridgehead atoms. The van der Waals surface area contributed by atoms with E-state index in [0.29, 0.717) is 30.9 Å². The summed E-state index contributed by atoms with van der Waals surface area (Å²) in [6.07, 6.45) is 0.630. The van der Waals surface area contributed by atoms with Gasteiger partial charge in [-0.3, -0.25) is 9.48 Å².